The third-order valence-electron chi connectivity index (χ3n) is 4.05. The highest BCUT2D eigenvalue weighted by atomic mass is 32.2. The molecule has 0 saturated carbocycles. The number of aryl methyl sites for hydroxylation is 3. The van der Waals surface area contributed by atoms with E-state index >= 15 is 0 Å². The van der Waals surface area contributed by atoms with Gasteiger partial charge < -0.3 is 10.6 Å². The van der Waals surface area contributed by atoms with Gasteiger partial charge in [0, 0.05) is 17.1 Å². The lowest BCUT2D eigenvalue weighted by Gasteiger charge is -2.10. The maximum Gasteiger partial charge on any atom is 0.253 e. The molecule has 28 heavy (non-hydrogen) atoms. The molecule has 0 saturated heterocycles. The van der Waals surface area contributed by atoms with Gasteiger partial charge in [0.15, 0.2) is 0 Å². The molecule has 0 unspecified atom stereocenters. The van der Waals surface area contributed by atoms with Crippen LogP contribution in [0.15, 0.2) is 35.5 Å². The molecule has 0 aliphatic heterocycles. The Labute approximate surface area is 167 Å². The predicted molar refractivity (Wildman–Crippen MR) is 108 cm³/mol. The van der Waals surface area contributed by atoms with Crippen LogP contribution in [0.3, 0.4) is 0 Å². The van der Waals surface area contributed by atoms with E-state index in [0.29, 0.717) is 10.9 Å². The number of carbonyl (C=O) groups excluding carboxylic acids is 2. The summed E-state index contributed by atoms with van der Waals surface area (Å²) in [5.74, 6) is 0.103. The molecule has 0 radical (unpaired) electrons. The predicted octanol–water partition coefficient (Wildman–Crippen LogP) is 2.15. The molecule has 0 atom stereocenters. The van der Waals surface area contributed by atoms with Gasteiger partial charge in [0.2, 0.25) is 17.0 Å². The third kappa shape index (κ3) is 4.86. The molecule has 146 valence electrons. The monoisotopic (exact) mass is 398 g/mol. The molecule has 2 aromatic heterocycles. The maximum absolute atomic E-state index is 12.1. The van der Waals surface area contributed by atoms with Gasteiger partial charge in [0.25, 0.3) is 5.78 Å². The lowest BCUT2D eigenvalue weighted by Crippen LogP contribution is -2.34. The van der Waals surface area contributed by atoms with Crippen molar-refractivity contribution in [3.63, 3.8) is 0 Å². The van der Waals surface area contributed by atoms with Crippen LogP contribution in [-0.2, 0) is 16.0 Å². The minimum absolute atomic E-state index is 0.0874. The van der Waals surface area contributed by atoms with Gasteiger partial charge in [0.1, 0.15) is 0 Å². The van der Waals surface area contributed by atoms with Crippen molar-refractivity contribution in [3.05, 3.63) is 47.3 Å². The van der Waals surface area contributed by atoms with E-state index in [0.717, 1.165) is 29.1 Å². The number of fused-ring (bicyclic) bond motifs is 1. The lowest BCUT2D eigenvalue weighted by molar-refractivity contribution is -0.122. The fraction of sp³-hybridized carbons (Fsp3) is 0.316. The van der Waals surface area contributed by atoms with Crippen LogP contribution in [0.25, 0.3) is 5.78 Å². The van der Waals surface area contributed by atoms with Crippen LogP contribution in [0.1, 0.15) is 23.9 Å². The van der Waals surface area contributed by atoms with Crippen molar-refractivity contribution >= 4 is 35.0 Å². The van der Waals surface area contributed by atoms with Crippen LogP contribution in [0.4, 0.5) is 5.69 Å². The fourth-order valence-electron chi connectivity index (χ4n) is 2.71. The molecule has 8 nitrogen and oxygen atoms in total. The summed E-state index contributed by atoms with van der Waals surface area (Å²) >= 11 is 1.20. The molecule has 3 aromatic rings. The first kappa shape index (κ1) is 19.8. The first-order valence-corrected chi connectivity index (χ1v) is 9.93. The first-order chi connectivity index (χ1) is 13.5. The Hall–Kier alpha value is -2.94. The summed E-state index contributed by atoms with van der Waals surface area (Å²) in [6.07, 6.45) is 0.819. The van der Waals surface area contributed by atoms with Gasteiger partial charge in [-0.25, -0.2) is 9.50 Å². The van der Waals surface area contributed by atoms with Crippen LogP contribution >= 0.6 is 11.8 Å². The topological polar surface area (TPSA) is 101 Å². The van der Waals surface area contributed by atoms with E-state index < -0.39 is 0 Å². The van der Waals surface area contributed by atoms with E-state index in [1.165, 1.54) is 11.8 Å². The van der Waals surface area contributed by atoms with Crippen molar-refractivity contribution in [2.45, 2.75) is 32.3 Å². The number of carbonyl (C=O) groups is 2. The summed E-state index contributed by atoms with van der Waals surface area (Å²) in [5.41, 5.74) is 3.61. The lowest BCUT2D eigenvalue weighted by atomic mass is 10.1. The van der Waals surface area contributed by atoms with Crippen molar-refractivity contribution in [1.82, 2.24) is 24.9 Å². The molecular weight excluding hydrogens is 376 g/mol. The SMILES string of the molecule is CCc1ccccc1NC(=O)CNC(=O)CSc1nc2nc(C)cc(C)n2n1. The van der Waals surface area contributed by atoms with E-state index in [9.17, 15) is 9.59 Å². The highest BCUT2D eigenvalue weighted by molar-refractivity contribution is 7.99. The minimum atomic E-state index is -0.264. The highest BCUT2D eigenvalue weighted by Gasteiger charge is 2.12. The van der Waals surface area contributed by atoms with Gasteiger partial charge in [0.05, 0.1) is 12.3 Å². The average molecular weight is 398 g/mol. The van der Waals surface area contributed by atoms with Crippen molar-refractivity contribution in [1.29, 1.82) is 0 Å². The van der Waals surface area contributed by atoms with Crippen LogP contribution in [0, 0.1) is 13.8 Å². The first-order valence-electron chi connectivity index (χ1n) is 8.94. The van der Waals surface area contributed by atoms with Crippen molar-refractivity contribution in [2.75, 3.05) is 17.6 Å². The molecule has 2 heterocycles. The maximum atomic E-state index is 12.1. The van der Waals surface area contributed by atoms with E-state index in [2.05, 4.69) is 25.7 Å². The number of hydrogen-bond donors (Lipinski definition) is 2. The second kappa shape index (κ2) is 8.83. The number of aromatic nitrogens is 4. The average Bonchev–Trinajstić information content (AvgIpc) is 3.08. The summed E-state index contributed by atoms with van der Waals surface area (Å²) in [7, 11) is 0. The number of anilines is 1. The van der Waals surface area contributed by atoms with Gasteiger partial charge in [-0.3, -0.25) is 9.59 Å². The Morgan fingerprint density at radius 3 is 2.71 bits per heavy atom. The molecule has 2 N–H and O–H groups in total. The number of hydrogen-bond acceptors (Lipinski definition) is 6. The largest absolute Gasteiger partial charge is 0.346 e. The summed E-state index contributed by atoms with van der Waals surface area (Å²) in [6, 6.07) is 9.52. The van der Waals surface area contributed by atoms with E-state index in [1.54, 1.807) is 4.52 Å². The molecule has 1 aromatic carbocycles. The number of nitrogens with one attached hydrogen (secondary N) is 2. The molecule has 9 heteroatoms. The molecule has 0 aliphatic carbocycles. The molecular formula is C19H22N6O2S. The quantitative estimate of drug-likeness (QED) is 0.592. The highest BCUT2D eigenvalue weighted by Crippen LogP contribution is 2.16. The number of benzene rings is 1. The van der Waals surface area contributed by atoms with Crippen LogP contribution in [-0.4, -0.2) is 43.7 Å². The third-order valence-corrected chi connectivity index (χ3v) is 4.89. The number of rotatable bonds is 7. The Bertz CT molecular complexity index is 1020. The summed E-state index contributed by atoms with van der Waals surface area (Å²) in [6.45, 7) is 5.75. The van der Waals surface area contributed by atoms with E-state index in [1.807, 2.05) is 51.1 Å². The summed E-state index contributed by atoms with van der Waals surface area (Å²) in [4.78, 5) is 32.8. The Morgan fingerprint density at radius 2 is 1.93 bits per heavy atom. The second-order valence-corrected chi connectivity index (χ2v) is 7.21. The number of nitrogens with zero attached hydrogens (tertiary/aromatic N) is 4. The van der Waals surface area contributed by atoms with Gasteiger partial charge in [-0.15, -0.1) is 5.10 Å². The number of thioether (sulfide) groups is 1. The Kier molecular flexibility index (Phi) is 6.25. The zero-order valence-corrected chi connectivity index (χ0v) is 16.8. The molecule has 0 bridgehead atoms. The Morgan fingerprint density at radius 1 is 1.14 bits per heavy atom. The normalized spacial score (nSPS) is 10.8. The summed E-state index contributed by atoms with van der Waals surface area (Å²) < 4.78 is 1.64. The fourth-order valence-corrected chi connectivity index (χ4v) is 3.36. The number of amides is 2. The van der Waals surface area contributed by atoms with Crippen molar-refractivity contribution in [2.24, 2.45) is 0 Å². The van der Waals surface area contributed by atoms with Crippen LogP contribution in [0.2, 0.25) is 0 Å². The zero-order valence-electron chi connectivity index (χ0n) is 16.0. The van der Waals surface area contributed by atoms with Gasteiger partial charge >= 0.3 is 0 Å². The van der Waals surface area contributed by atoms with E-state index in [-0.39, 0.29) is 24.1 Å². The van der Waals surface area contributed by atoms with Crippen LogP contribution < -0.4 is 10.6 Å². The summed E-state index contributed by atoms with van der Waals surface area (Å²) in [5, 5.41) is 10.3. The smallest absolute Gasteiger partial charge is 0.253 e. The minimum Gasteiger partial charge on any atom is -0.346 e. The van der Waals surface area contributed by atoms with Gasteiger partial charge in [-0.2, -0.15) is 4.98 Å². The van der Waals surface area contributed by atoms with Gasteiger partial charge in [-0.1, -0.05) is 36.9 Å². The Balaban J connectivity index is 1.49. The van der Waals surface area contributed by atoms with Crippen molar-refractivity contribution < 1.29 is 9.59 Å². The zero-order chi connectivity index (χ0) is 20.1. The molecule has 0 spiro atoms. The van der Waals surface area contributed by atoms with E-state index in [4.69, 9.17) is 0 Å². The van der Waals surface area contributed by atoms with Gasteiger partial charge in [-0.05, 0) is 38.0 Å². The number of para-hydroxylation sites is 1. The second-order valence-electron chi connectivity index (χ2n) is 6.27. The molecule has 3 rings (SSSR count). The van der Waals surface area contributed by atoms with Crippen LogP contribution in [0.5, 0.6) is 0 Å². The standard InChI is InChI=1S/C19H22N6O2S/c1-4-14-7-5-6-8-15(14)22-16(26)10-20-17(27)11-28-19-23-18-21-12(2)9-13(3)25(18)24-19/h5-9H,4,10-11H2,1-3H3,(H,20,27)(H,22,26). The molecule has 0 fully saturated rings. The molecule has 2 amide bonds. The molecule has 0 aliphatic rings. The van der Waals surface area contributed by atoms with Crippen molar-refractivity contribution in [3.8, 4) is 0 Å².